The van der Waals surface area contributed by atoms with Gasteiger partial charge in [-0.25, -0.2) is 0 Å². The molecule has 6 heteroatoms. The number of aromatic nitrogens is 1. The van der Waals surface area contributed by atoms with Crippen LogP contribution in [-0.2, 0) is 20.7 Å². The Morgan fingerprint density at radius 3 is 3.04 bits per heavy atom. The molecule has 3 rings (SSSR count). The summed E-state index contributed by atoms with van der Waals surface area (Å²) in [6.07, 6.45) is 3.21. The number of aryl methyl sites for hydroxylation is 2. The lowest BCUT2D eigenvalue weighted by Crippen LogP contribution is -2.50. The Labute approximate surface area is 141 Å². The number of primary amides is 1. The van der Waals surface area contributed by atoms with Crippen LogP contribution in [0.3, 0.4) is 0 Å². The van der Waals surface area contributed by atoms with E-state index in [1.807, 2.05) is 18.3 Å². The first-order valence-electron chi connectivity index (χ1n) is 8.27. The molecular weight excluding hydrogens is 306 g/mol. The monoisotopic (exact) mass is 329 g/mol. The maximum absolute atomic E-state index is 12.6. The number of aromatic amines is 1. The van der Waals surface area contributed by atoms with Crippen molar-refractivity contribution < 1.29 is 14.3 Å². The molecule has 1 atom stereocenters. The molecule has 6 nitrogen and oxygen atoms in total. The molecule has 0 aliphatic carbocycles. The fourth-order valence-corrected chi connectivity index (χ4v) is 3.42. The van der Waals surface area contributed by atoms with Crippen molar-refractivity contribution in [3.8, 4) is 0 Å². The summed E-state index contributed by atoms with van der Waals surface area (Å²) in [4.78, 5) is 28.8. The number of H-pyrrole nitrogens is 1. The predicted octanol–water partition coefficient (Wildman–Crippen LogP) is 1.51. The largest absolute Gasteiger partial charge is 0.377 e. The zero-order valence-corrected chi connectivity index (χ0v) is 13.9. The van der Waals surface area contributed by atoms with E-state index >= 15 is 0 Å². The quantitative estimate of drug-likeness (QED) is 0.871. The average Bonchev–Trinajstić information content (AvgIpc) is 2.97. The molecule has 1 aliphatic heterocycles. The number of ether oxygens (including phenoxy) is 1. The summed E-state index contributed by atoms with van der Waals surface area (Å²) in [7, 11) is 0. The Morgan fingerprint density at radius 2 is 2.25 bits per heavy atom. The fraction of sp³-hybridized carbons (Fsp3) is 0.444. The molecule has 2 aromatic rings. The number of carbonyl (C=O) groups excluding carboxylic acids is 2. The average molecular weight is 329 g/mol. The van der Waals surface area contributed by atoms with Crippen molar-refractivity contribution in [3.05, 3.63) is 35.5 Å². The molecule has 24 heavy (non-hydrogen) atoms. The smallest absolute Gasteiger partial charge is 0.223 e. The number of hydrogen-bond donors (Lipinski definition) is 2. The van der Waals surface area contributed by atoms with Crippen LogP contribution < -0.4 is 5.73 Å². The minimum absolute atomic E-state index is 0.0486. The first-order valence-corrected chi connectivity index (χ1v) is 8.27. The van der Waals surface area contributed by atoms with Gasteiger partial charge in [-0.3, -0.25) is 9.59 Å². The third kappa shape index (κ3) is 3.43. The molecule has 0 saturated carbocycles. The number of fused-ring (bicyclic) bond motifs is 1. The van der Waals surface area contributed by atoms with Gasteiger partial charge < -0.3 is 20.4 Å². The van der Waals surface area contributed by atoms with E-state index in [1.165, 1.54) is 10.9 Å². The molecule has 0 bridgehead atoms. The first-order chi connectivity index (χ1) is 11.6. The highest BCUT2D eigenvalue weighted by Crippen LogP contribution is 2.23. The number of rotatable bonds is 5. The van der Waals surface area contributed by atoms with Crippen LogP contribution in [0.25, 0.3) is 10.9 Å². The lowest BCUT2D eigenvalue weighted by atomic mass is 10.0. The molecule has 128 valence electrons. The van der Waals surface area contributed by atoms with Gasteiger partial charge in [0.1, 0.15) is 0 Å². The van der Waals surface area contributed by atoms with Crippen LogP contribution in [0.5, 0.6) is 0 Å². The molecule has 1 aromatic carbocycles. The number of carbonyl (C=O) groups is 2. The van der Waals surface area contributed by atoms with Gasteiger partial charge >= 0.3 is 0 Å². The van der Waals surface area contributed by atoms with Gasteiger partial charge in [0.15, 0.2) is 0 Å². The molecule has 1 fully saturated rings. The fourth-order valence-electron chi connectivity index (χ4n) is 3.42. The SMILES string of the molecule is Cc1cccc2[nH]cc(CCC(=O)N3CCOCC3CC(N)=O)c12. The minimum atomic E-state index is -0.407. The number of nitrogens with two attached hydrogens (primary N) is 1. The molecule has 1 unspecified atom stereocenters. The van der Waals surface area contributed by atoms with E-state index in [0.717, 1.165) is 11.1 Å². The summed E-state index contributed by atoms with van der Waals surface area (Å²) >= 11 is 0. The van der Waals surface area contributed by atoms with Crippen LogP contribution >= 0.6 is 0 Å². The van der Waals surface area contributed by atoms with E-state index in [-0.39, 0.29) is 18.4 Å². The van der Waals surface area contributed by atoms with Gasteiger partial charge in [-0.2, -0.15) is 0 Å². The van der Waals surface area contributed by atoms with Crippen molar-refractivity contribution in [3.63, 3.8) is 0 Å². The number of nitrogens with one attached hydrogen (secondary N) is 1. The van der Waals surface area contributed by atoms with Gasteiger partial charge in [0.05, 0.1) is 19.3 Å². The van der Waals surface area contributed by atoms with Crippen LogP contribution in [0.1, 0.15) is 24.0 Å². The molecule has 0 spiro atoms. The van der Waals surface area contributed by atoms with Crippen molar-refractivity contribution in [2.45, 2.75) is 32.2 Å². The normalized spacial score (nSPS) is 18.0. The highest BCUT2D eigenvalue weighted by Gasteiger charge is 2.28. The first kappa shape index (κ1) is 16.5. The van der Waals surface area contributed by atoms with E-state index in [4.69, 9.17) is 10.5 Å². The molecule has 2 heterocycles. The molecule has 2 amide bonds. The van der Waals surface area contributed by atoms with E-state index in [9.17, 15) is 9.59 Å². The Balaban J connectivity index is 1.68. The van der Waals surface area contributed by atoms with Crippen LogP contribution in [0.2, 0.25) is 0 Å². The topological polar surface area (TPSA) is 88.4 Å². The number of nitrogens with zero attached hydrogens (tertiary/aromatic N) is 1. The summed E-state index contributed by atoms with van der Waals surface area (Å²) in [6, 6.07) is 5.89. The summed E-state index contributed by atoms with van der Waals surface area (Å²) < 4.78 is 5.38. The van der Waals surface area contributed by atoms with Gasteiger partial charge in [-0.05, 0) is 30.5 Å². The van der Waals surface area contributed by atoms with Gasteiger partial charge in [-0.1, -0.05) is 12.1 Å². The van der Waals surface area contributed by atoms with E-state index in [0.29, 0.717) is 32.6 Å². The Bertz CT molecular complexity index is 753. The van der Waals surface area contributed by atoms with Gasteiger partial charge in [0.2, 0.25) is 11.8 Å². The number of benzene rings is 1. The highest BCUT2D eigenvalue weighted by atomic mass is 16.5. The zero-order chi connectivity index (χ0) is 17.1. The van der Waals surface area contributed by atoms with Crippen molar-refractivity contribution in [1.82, 2.24) is 9.88 Å². The van der Waals surface area contributed by atoms with Gasteiger partial charge in [0.25, 0.3) is 0 Å². The standard InChI is InChI=1S/C18H23N3O3/c1-12-3-2-4-15-18(12)13(10-20-15)5-6-17(23)21-7-8-24-11-14(21)9-16(19)22/h2-4,10,14,20H,5-9,11H2,1H3,(H2,19,22). The third-order valence-electron chi connectivity index (χ3n) is 4.59. The molecule has 3 N–H and O–H groups in total. The number of hydrogen-bond acceptors (Lipinski definition) is 3. The Hall–Kier alpha value is -2.34. The second-order valence-electron chi connectivity index (χ2n) is 6.30. The van der Waals surface area contributed by atoms with Crippen molar-refractivity contribution in [1.29, 1.82) is 0 Å². The van der Waals surface area contributed by atoms with Crippen LogP contribution in [-0.4, -0.2) is 47.5 Å². The van der Waals surface area contributed by atoms with Crippen molar-refractivity contribution in [2.24, 2.45) is 5.73 Å². The Morgan fingerprint density at radius 1 is 1.42 bits per heavy atom. The molecule has 1 saturated heterocycles. The minimum Gasteiger partial charge on any atom is -0.377 e. The second-order valence-corrected chi connectivity index (χ2v) is 6.30. The second kappa shape index (κ2) is 7.05. The van der Waals surface area contributed by atoms with Crippen molar-refractivity contribution >= 4 is 22.7 Å². The molecule has 1 aromatic heterocycles. The lowest BCUT2D eigenvalue weighted by molar-refractivity contribution is -0.141. The van der Waals surface area contributed by atoms with E-state index < -0.39 is 5.91 Å². The number of morpholine rings is 1. The highest BCUT2D eigenvalue weighted by molar-refractivity contribution is 5.87. The van der Waals surface area contributed by atoms with Crippen LogP contribution in [0.15, 0.2) is 24.4 Å². The summed E-state index contributed by atoms with van der Waals surface area (Å²) in [5, 5.41) is 1.20. The Kier molecular flexibility index (Phi) is 4.85. The van der Waals surface area contributed by atoms with Gasteiger partial charge in [-0.15, -0.1) is 0 Å². The van der Waals surface area contributed by atoms with Crippen molar-refractivity contribution in [2.75, 3.05) is 19.8 Å². The van der Waals surface area contributed by atoms with E-state index in [1.54, 1.807) is 4.90 Å². The van der Waals surface area contributed by atoms with Crippen LogP contribution in [0.4, 0.5) is 0 Å². The molecule has 1 aliphatic rings. The lowest BCUT2D eigenvalue weighted by Gasteiger charge is -2.35. The van der Waals surface area contributed by atoms with E-state index in [2.05, 4.69) is 18.0 Å². The van der Waals surface area contributed by atoms with Gasteiger partial charge in [0, 0.05) is 36.5 Å². The molecule has 0 radical (unpaired) electrons. The maximum Gasteiger partial charge on any atom is 0.223 e. The summed E-state index contributed by atoms with van der Waals surface area (Å²) in [6.45, 7) is 3.48. The maximum atomic E-state index is 12.6. The summed E-state index contributed by atoms with van der Waals surface area (Å²) in [5.74, 6) is -0.358. The number of amides is 2. The molecular formula is C18H23N3O3. The third-order valence-corrected chi connectivity index (χ3v) is 4.59. The summed E-state index contributed by atoms with van der Waals surface area (Å²) in [5.41, 5.74) is 8.72. The predicted molar refractivity (Wildman–Crippen MR) is 91.5 cm³/mol. The zero-order valence-electron chi connectivity index (χ0n) is 13.9. The van der Waals surface area contributed by atoms with Crippen LogP contribution in [0, 0.1) is 6.92 Å².